The van der Waals surface area contributed by atoms with Crippen LogP contribution < -0.4 is 0 Å². The third-order valence-electron chi connectivity index (χ3n) is 1.93. The van der Waals surface area contributed by atoms with E-state index in [0.717, 1.165) is 0 Å². The second-order valence-corrected chi connectivity index (χ2v) is 2.83. The smallest absolute Gasteiger partial charge is 0.332 e. The van der Waals surface area contributed by atoms with Crippen LogP contribution in [0.25, 0.3) is 0 Å². The van der Waals surface area contributed by atoms with Gasteiger partial charge in [0.05, 0.1) is 6.61 Å². The van der Waals surface area contributed by atoms with Crippen LogP contribution >= 0.6 is 0 Å². The van der Waals surface area contributed by atoms with Gasteiger partial charge in [-0.15, -0.1) is 0 Å². The summed E-state index contributed by atoms with van der Waals surface area (Å²) in [5.41, 5.74) is 0.656. The van der Waals surface area contributed by atoms with E-state index in [1.807, 2.05) is 0 Å². The number of carbonyl (C=O) groups excluding carboxylic acids is 2. The molecule has 0 aromatic rings. The molecule has 1 aliphatic heterocycles. The van der Waals surface area contributed by atoms with Crippen LogP contribution in [0.1, 0.15) is 19.8 Å². The summed E-state index contributed by atoms with van der Waals surface area (Å²) in [4.78, 5) is 23.7. The maximum absolute atomic E-state index is 11.2. The third-order valence-corrected chi connectivity index (χ3v) is 1.93. The minimum atomic E-state index is -0.413. The topological polar surface area (TPSA) is 46.6 Å². The van der Waals surface area contributed by atoms with Gasteiger partial charge in [-0.25, -0.2) is 4.79 Å². The fraction of sp³-hybridized carbons (Fsp3) is 0.400. The van der Waals surface area contributed by atoms with Crippen LogP contribution in [0.2, 0.25) is 0 Å². The lowest BCUT2D eigenvalue weighted by molar-refractivity contribution is -0.137. The molecule has 1 heterocycles. The van der Waals surface area contributed by atoms with E-state index in [-0.39, 0.29) is 5.91 Å². The third kappa shape index (κ3) is 2.22. The zero-order valence-corrected chi connectivity index (χ0v) is 8.16. The van der Waals surface area contributed by atoms with Crippen molar-refractivity contribution in [1.82, 2.24) is 4.90 Å². The van der Waals surface area contributed by atoms with Crippen LogP contribution in [0.15, 0.2) is 24.6 Å². The predicted molar refractivity (Wildman–Crippen MR) is 51.0 cm³/mol. The molecule has 0 unspecified atom stereocenters. The zero-order valence-electron chi connectivity index (χ0n) is 8.16. The molecule has 0 atom stereocenters. The molecule has 1 fully saturated rings. The van der Waals surface area contributed by atoms with Gasteiger partial charge in [0.2, 0.25) is 5.91 Å². The molecule has 1 amide bonds. The first kappa shape index (κ1) is 10.5. The summed E-state index contributed by atoms with van der Waals surface area (Å²) in [5.74, 6) is -0.445. The molecule has 0 aromatic carbocycles. The Bertz CT molecular complexity index is 294. The molecule has 1 rings (SSSR count). The predicted octanol–water partition coefficient (Wildman–Crippen LogP) is 1.20. The minimum Gasteiger partial charge on any atom is -0.463 e. The van der Waals surface area contributed by atoms with E-state index in [1.165, 1.54) is 17.2 Å². The van der Waals surface area contributed by atoms with Gasteiger partial charge in [-0.05, 0) is 13.3 Å². The Morgan fingerprint density at radius 3 is 2.93 bits per heavy atom. The van der Waals surface area contributed by atoms with Crippen molar-refractivity contribution < 1.29 is 14.3 Å². The zero-order chi connectivity index (χ0) is 10.6. The molecule has 0 saturated carbocycles. The first-order chi connectivity index (χ1) is 6.69. The number of carbonyl (C=O) groups is 2. The number of hydrogen-bond donors (Lipinski definition) is 0. The van der Waals surface area contributed by atoms with Gasteiger partial charge in [-0.2, -0.15) is 0 Å². The van der Waals surface area contributed by atoms with Gasteiger partial charge in [0, 0.05) is 24.4 Å². The van der Waals surface area contributed by atoms with Gasteiger partial charge in [0.1, 0.15) is 0 Å². The van der Waals surface area contributed by atoms with Gasteiger partial charge >= 0.3 is 5.97 Å². The van der Waals surface area contributed by atoms with Gasteiger partial charge in [-0.3, -0.25) is 9.69 Å². The highest BCUT2D eigenvalue weighted by atomic mass is 16.5. The number of allylic oxidation sites excluding steroid dienone is 1. The van der Waals surface area contributed by atoms with Crippen molar-refractivity contribution in [2.24, 2.45) is 0 Å². The molecular formula is C10H13NO3. The number of rotatable bonds is 3. The number of amides is 1. The Morgan fingerprint density at radius 2 is 2.36 bits per heavy atom. The van der Waals surface area contributed by atoms with Crippen LogP contribution in [-0.4, -0.2) is 23.4 Å². The number of esters is 1. The molecular weight excluding hydrogens is 182 g/mol. The molecule has 0 bridgehead atoms. The molecule has 4 heteroatoms. The summed E-state index contributed by atoms with van der Waals surface area (Å²) in [6.45, 7) is 5.58. The van der Waals surface area contributed by atoms with E-state index < -0.39 is 5.97 Å². The highest BCUT2D eigenvalue weighted by Gasteiger charge is 2.23. The summed E-state index contributed by atoms with van der Waals surface area (Å²) in [7, 11) is 0. The fourth-order valence-corrected chi connectivity index (χ4v) is 1.32. The quantitative estimate of drug-likeness (QED) is 0.502. The van der Waals surface area contributed by atoms with Crippen molar-refractivity contribution in [2.75, 3.05) is 6.61 Å². The van der Waals surface area contributed by atoms with Crippen molar-refractivity contribution in [2.45, 2.75) is 19.8 Å². The maximum atomic E-state index is 11.2. The van der Waals surface area contributed by atoms with E-state index in [9.17, 15) is 9.59 Å². The van der Waals surface area contributed by atoms with Gasteiger partial charge in [0.15, 0.2) is 0 Å². The first-order valence-corrected chi connectivity index (χ1v) is 4.51. The second kappa shape index (κ2) is 4.60. The average Bonchev–Trinajstić information content (AvgIpc) is 2.47. The molecule has 0 radical (unpaired) electrons. The SMILES string of the molecule is C=CN1C(=O)CCC1=CC(=O)OCC. The van der Waals surface area contributed by atoms with Crippen LogP contribution in [-0.2, 0) is 14.3 Å². The Morgan fingerprint density at radius 1 is 1.64 bits per heavy atom. The van der Waals surface area contributed by atoms with Crippen molar-refractivity contribution >= 4 is 11.9 Å². The summed E-state index contributed by atoms with van der Waals surface area (Å²) in [6.07, 6.45) is 3.76. The highest BCUT2D eigenvalue weighted by Crippen LogP contribution is 2.22. The largest absolute Gasteiger partial charge is 0.463 e. The summed E-state index contributed by atoms with van der Waals surface area (Å²) >= 11 is 0. The highest BCUT2D eigenvalue weighted by molar-refractivity contribution is 5.87. The lowest BCUT2D eigenvalue weighted by atomic mass is 10.3. The Hall–Kier alpha value is -1.58. The first-order valence-electron chi connectivity index (χ1n) is 4.51. The van der Waals surface area contributed by atoms with Crippen LogP contribution in [0.3, 0.4) is 0 Å². The molecule has 76 valence electrons. The van der Waals surface area contributed by atoms with E-state index in [4.69, 9.17) is 4.74 Å². The minimum absolute atomic E-state index is 0.0319. The molecule has 0 aromatic heterocycles. The number of ether oxygens (including phenoxy) is 1. The summed E-state index contributed by atoms with van der Waals surface area (Å²) in [5, 5.41) is 0. The fourth-order valence-electron chi connectivity index (χ4n) is 1.32. The van der Waals surface area contributed by atoms with Crippen molar-refractivity contribution in [3.63, 3.8) is 0 Å². The molecule has 1 saturated heterocycles. The Balaban J connectivity index is 2.72. The monoisotopic (exact) mass is 195 g/mol. The number of hydrogen-bond acceptors (Lipinski definition) is 3. The average molecular weight is 195 g/mol. The van der Waals surface area contributed by atoms with Crippen LogP contribution in [0, 0.1) is 0 Å². The lowest BCUT2D eigenvalue weighted by Crippen LogP contribution is -2.16. The lowest BCUT2D eigenvalue weighted by Gasteiger charge is -2.10. The molecule has 0 spiro atoms. The maximum Gasteiger partial charge on any atom is 0.332 e. The molecule has 0 N–H and O–H groups in total. The van der Waals surface area contributed by atoms with Gasteiger partial charge < -0.3 is 4.74 Å². The molecule has 0 aliphatic carbocycles. The summed E-state index contributed by atoms with van der Waals surface area (Å²) in [6, 6.07) is 0. The van der Waals surface area contributed by atoms with E-state index in [2.05, 4.69) is 6.58 Å². The normalized spacial score (nSPS) is 18.8. The van der Waals surface area contributed by atoms with Gasteiger partial charge in [-0.1, -0.05) is 6.58 Å². The van der Waals surface area contributed by atoms with Crippen LogP contribution in [0.4, 0.5) is 0 Å². The van der Waals surface area contributed by atoms with Gasteiger partial charge in [0.25, 0.3) is 0 Å². The van der Waals surface area contributed by atoms with E-state index >= 15 is 0 Å². The Kier molecular flexibility index (Phi) is 3.45. The number of likely N-dealkylation sites (tertiary alicyclic amines) is 1. The molecule has 4 nitrogen and oxygen atoms in total. The number of nitrogens with zero attached hydrogens (tertiary/aromatic N) is 1. The molecule has 1 aliphatic rings. The van der Waals surface area contributed by atoms with E-state index in [0.29, 0.717) is 25.1 Å². The summed E-state index contributed by atoms with van der Waals surface area (Å²) < 4.78 is 4.74. The van der Waals surface area contributed by atoms with Crippen molar-refractivity contribution in [3.05, 3.63) is 24.6 Å². The molecule has 14 heavy (non-hydrogen) atoms. The standard InChI is InChI=1S/C10H13NO3/c1-3-11-8(5-6-9(11)12)7-10(13)14-4-2/h3,7H,1,4-6H2,2H3. The van der Waals surface area contributed by atoms with Crippen LogP contribution in [0.5, 0.6) is 0 Å². The Labute approximate surface area is 82.8 Å². The van der Waals surface area contributed by atoms with Crippen molar-refractivity contribution in [1.29, 1.82) is 0 Å². The van der Waals surface area contributed by atoms with Crippen molar-refractivity contribution in [3.8, 4) is 0 Å². The van der Waals surface area contributed by atoms with E-state index in [1.54, 1.807) is 6.92 Å². The second-order valence-electron chi connectivity index (χ2n) is 2.83.